The molecule has 10 heteroatoms. The Balaban J connectivity index is 1.34. The molecule has 2 aromatic heterocycles. The molecule has 152 valence electrons. The first-order valence-corrected chi connectivity index (χ1v) is 11.7. The maximum Gasteiger partial charge on any atom is 0.236 e. The van der Waals surface area contributed by atoms with Crippen molar-refractivity contribution in [1.29, 1.82) is 0 Å². The number of nitrogens with one attached hydrogen (secondary N) is 1. The van der Waals surface area contributed by atoms with Crippen LogP contribution in [0.15, 0.2) is 29.4 Å². The van der Waals surface area contributed by atoms with Crippen LogP contribution < -0.4 is 5.32 Å². The lowest BCUT2D eigenvalue weighted by molar-refractivity contribution is -0.113. The van der Waals surface area contributed by atoms with Crippen LogP contribution in [0.1, 0.15) is 43.0 Å². The van der Waals surface area contributed by atoms with Gasteiger partial charge in [0.05, 0.1) is 10.8 Å². The van der Waals surface area contributed by atoms with E-state index in [9.17, 15) is 4.79 Å². The van der Waals surface area contributed by atoms with Crippen molar-refractivity contribution in [2.24, 2.45) is 7.05 Å². The molecule has 1 aliphatic carbocycles. The normalized spacial score (nSPS) is 14.8. The largest absolute Gasteiger partial charge is 0.305 e. The number of aromatic nitrogens is 5. The summed E-state index contributed by atoms with van der Waals surface area (Å²) in [5.41, 5.74) is 0.810. The third-order valence-corrected chi connectivity index (χ3v) is 7.27. The van der Waals surface area contributed by atoms with Crippen molar-refractivity contribution in [3.63, 3.8) is 0 Å². The summed E-state index contributed by atoms with van der Waals surface area (Å²) in [6, 6.07) is 7.48. The van der Waals surface area contributed by atoms with Crippen molar-refractivity contribution in [1.82, 2.24) is 25.0 Å². The molecular weight excluding hydrogens is 428 g/mol. The molecule has 1 saturated carbocycles. The fraction of sp³-hybridized carbons (Fsp3) is 0.421. The van der Waals surface area contributed by atoms with E-state index < -0.39 is 0 Å². The number of benzene rings is 1. The second-order valence-corrected chi connectivity index (χ2v) is 9.32. The fourth-order valence-electron chi connectivity index (χ4n) is 3.40. The molecule has 0 saturated heterocycles. The molecule has 1 amide bonds. The van der Waals surface area contributed by atoms with Crippen LogP contribution in [0.2, 0.25) is 5.02 Å². The zero-order valence-corrected chi connectivity index (χ0v) is 18.4. The number of thioether (sulfide) groups is 1. The highest BCUT2D eigenvalue weighted by molar-refractivity contribution is 7.99. The van der Waals surface area contributed by atoms with E-state index in [0.29, 0.717) is 27.1 Å². The third-order valence-electron chi connectivity index (χ3n) is 4.92. The van der Waals surface area contributed by atoms with Gasteiger partial charge in [-0.1, -0.05) is 66.1 Å². The molecule has 0 spiro atoms. The van der Waals surface area contributed by atoms with Crippen LogP contribution in [0.5, 0.6) is 0 Å². The highest BCUT2D eigenvalue weighted by Crippen LogP contribution is 2.35. The Morgan fingerprint density at radius 3 is 2.79 bits per heavy atom. The van der Waals surface area contributed by atoms with Crippen LogP contribution in [0.4, 0.5) is 5.13 Å². The Labute approximate surface area is 182 Å². The summed E-state index contributed by atoms with van der Waals surface area (Å²) in [7, 11) is 1.86. The van der Waals surface area contributed by atoms with Gasteiger partial charge in [-0.2, -0.15) is 0 Å². The average Bonchev–Trinajstić information content (AvgIpc) is 3.34. The fourth-order valence-corrected chi connectivity index (χ4v) is 5.26. The van der Waals surface area contributed by atoms with Gasteiger partial charge in [0.2, 0.25) is 11.0 Å². The summed E-state index contributed by atoms with van der Waals surface area (Å²) in [4.78, 5) is 12.3. The van der Waals surface area contributed by atoms with Gasteiger partial charge in [-0.25, -0.2) is 0 Å². The summed E-state index contributed by atoms with van der Waals surface area (Å²) in [6.07, 6.45) is 6.12. The second kappa shape index (κ2) is 9.23. The van der Waals surface area contributed by atoms with Crippen LogP contribution in [-0.2, 0) is 11.8 Å². The molecule has 0 radical (unpaired) electrons. The van der Waals surface area contributed by atoms with Crippen LogP contribution in [-0.4, -0.2) is 36.6 Å². The van der Waals surface area contributed by atoms with Crippen molar-refractivity contribution in [3.05, 3.63) is 34.3 Å². The first kappa shape index (κ1) is 20.3. The van der Waals surface area contributed by atoms with Crippen molar-refractivity contribution in [2.75, 3.05) is 11.1 Å². The Morgan fingerprint density at radius 2 is 2.00 bits per heavy atom. The van der Waals surface area contributed by atoms with Crippen LogP contribution in [0, 0.1) is 0 Å². The van der Waals surface area contributed by atoms with Gasteiger partial charge in [0, 0.05) is 18.5 Å². The Hall–Kier alpha value is -1.97. The van der Waals surface area contributed by atoms with Crippen molar-refractivity contribution >= 4 is 45.7 Å². The molecule has 1 fully saturated rings. The van der Waals surface area contributed by atoms with E-state index in [-0.39, 0.29) is 11.7 Å². The average molecular weight is 449 g/mol. The van der Waals surface area contributed by atoms with Gasteiger partial charge in [0.1, 0.15) is 5.01 Å². The molecule has 0 aliphatic heterocycles. The predicted octanol–water partition coefficient (Wildman–Crippen LogP) is 4.77. The number of nitrogens with zero attached hydrogens (tertiary/aromatic N) is 5. The lowest BCUT2D eigenvalue weighted by atomic mass is 9.90. The lowest BCUT2D eigenvalue weighted by Gasteiger charge is -2.18. The summed E-state index contributed by atoms with van der Waals surface area (Å²) in [5, 5.41) is 22.5. The molecule has 4 rings (SSSR count). The van der Waals surface area contributed by atoms with Gasteiger partial charge < -0.3 is 4.57 Å². The van der Waals surface area contributed by atoms with E-state index in [0.717, 1.165) is 10.6 Å². The highest BCUT2D eigenvalue weighted by Gasteiger charge is 2.20. The molecule has 1 N–H and O–H groups in total. The summed E-state index contributed by atoms with van der Waals surface area (Å²) < 4.78 is 1.84. The number of carbonyl (C=O) groups is 1. The minimum absolute atomic E-state index is 0.136. The lowest BCUT2D eigenvalue weighted by Crippen LogP contribution is -2.14. The molecule has 29 heavy (non-hydrogen) atoms. The topological polar surface area (TPSA) is 85.6 Å². The molecular formula is C19H21ClN6OS2. The number of amides is 1. The van der Waals surface area contributed by atoms with Crippen molar-refractivity contribution in [2.45, 2.75) is 43.2 Å². The first-order valence-electron chi connectivity index (χ1n) is 9.52. The monoisotopic (exact) mass is 448 g/mol. The van der Waals surface area contributed by atoms with Crippen LogP contribution in [0.25, 0.3) is 11.4 Å². The van der Waals surface area contributed by atoms with Crippen molar-refractivity contribution < 1.29 is 4.79 Å². The number of halogens is 1. The number of carbonyl (C=O) groups excluding carboxylic acids is 1. The van der Waals surface area contributed by atoms with E-state index in [4.69, 9.17) is 11.6 Å². The Kier molecular flexibility index (Phi) is 6.46. The van der Waals surface area contributed by atoms with Gasteiger partial charge >= 0.3 is 0 Å². The predicted molar refractivity (Wildman–Crippen MR) is 117 cm³/mol. The summed E-state index contributed by atoms with van der Waals surface area (Å²) >= 11 is 9.06. The SMILES string of the molecule is Cn1c(SCC(=O)Nc2nnc(C3CCCCC3)s2)nnc1-c1ccccc1Cl. The molecule has 7 nitrogen and oxygen atoms in total. The number of hydrogen-bond donors (Lipinski definition) is 1. The maximum absolute atomic E-state index is 12.3. The van der Waals surface area contributed by atoms with Crippen LogP contribution in [0.3, 0.4) is 0 Å². The molecule has 0 bridgehead atoms. The van der Waals surface area contributed by atoms with Gasteiger partial charge in [-0.15, -0.1) is 20.4 Å². The number of rotatable bonds is 6. The summed E-state index contributed by atoms with van der Waals surface area (Å²) in [5.74, 6) is 1.24. The zero-order valence-electron chi connectivity index (χ0n) is 16.0. The highest BCUT2D eigenvalue weighted by atomic mass is 35.5. The van der Waals surface area contributed by atoms with Gasteiger partial charge in [-0.3, -0.25) is 10.1 Å². The van der Waals surface area contributed by atoms with Crippen LogP contribution >= 0.6 is 34.7 Å². The number of anilines is 1. The minimum atomic E-state index is -0.136. The zero-order chi connectivity index (χ0) is 20.2. The van der Waals surface area contributed by atoms with E-state index in [1.165, 1.54) is 55.2 Å². The summed E-state index contributed by atoms with van der Waals surface area (Å²) in [6.45, 7) is 0. The van der Waals surface area contributed by atoms with E-state index in [1.54, 1.807) is 0 Å². The first-order chi connectivity index (χ1) is 14.1. The van der Waals surface area contributed by atoms with Gasteiger partial charge in [-0.05, 0) is 25.0 Å². The second-order valence-electron chi connectivity index (χ2n) is 6.96. The third kappa shape index (κ3) is 4.79. The molecule has 0 atom stereocenters. The number of hydrogen-bond acceptors (Lipinski definition) is 7. The van der Waals surface area contributed by atoms with Gasteiger partial charge in [0.15, 0.2) is 11.0 Å². The van der Waals surface area contributed by atoms with Gasteiger partial charge in [0.25, 0.3) is 0 Å². The molecule has 0 unspecified atom stereocenters. The standard InChI is InChI=1S/C19H21ClN6OS2/c1-26-16(13-9-5-6-10-14(13)20)22-25-19(26)28-11-15(27)21-18-24-23-17(29-18)12-7-3-2-4-8-12/h5-6,9-10,12H,2-4,7-8,11H2,1H3,(H,21,24,27). The molecule has 2 heterocycles. The molecule has 1 aromatic carbocycles. The molecule has 1 aliphatic rings. The maximum atomic E-state index is 12.3. The van der Waals surface area contributed by atoms with Crippen molar-refractivity contribution in [3.8, 4) is 11.4 Å². The van der Waals surface area contributed by atoms with E-state index in [2.05, 4.69) is 25.7 Å². The minimum Gasteiger partial charge on any atom is -0.305 e. The quantitative estimate of drug-likeness (QED) is 0.547. The molecule has 3 aromatic rings. The van der Waals surface area contributed by atoms with E-state index in [1.807, 2.05) is 35.9 Å². The Bertz CT molecular complexity index is 998. The smallest absolute Gasteiger partial charge is 0.236 e. The van der Waals surface area contributed by atoms with E-state index >= 15 is 0 Å². The Morgan fingerprint density at radius 1 is 1.21 bits per heavy atom.